The number of rotatable bonds is 6. The molecule has 0 aromatic carbocycles. The number of alkyl halides is 1. The van der Waals surface area contributed by atoms with E-state index in [4.69, 9.17) is 11.6 Å². The second-order valence-corrected chi connectivity index (χ2v) is 7.39. The number of pyridine rings is 1. The number of fused-ring (bicyclic) bond motifs is 1. The standard InChI is InChI=1S/C19H20ClFN6O3.ClH/c20-7-12(28)9-23-19(30)14-10-24-27-5-3-16(25-17(14)27)26-4-1-2-15(26)13-6-11(21)8-22-18(13)29;/h3,5-6,8,10,12,15,28H,1-2,4,7,9H2,(H,22,29)(H,23,30);1H. The molecule has 0 spiro atoms. The number of carbonyl (C=O) groups excluding carboxylic acids is 1. The molecule has 1 amide bonds. The fraction of sp³-hybridized carbons (Fsp3) is 0.368. The van der Waals surface area contributed by atoms with E-state index in [0.29, 0.717) is 30.0 Å². The van der Waals surface area contributed by atoms with Crippen LogP contribution in [0.15, 0.2) is 35.5 Å². The number of amides is 1. The first-order valence-corrected chi connectivity index (χ1v) is 10.0. The van der Waals surface area contributed by atoms with Crippen LogP contribution in [0, 0.1) is 5.82 Å². The lowest BCUT2D eigenvalue weighted by Crippen LogP contribution is -2.33. The van der Waals surface area contributed by atoms with Crippen molar-refractivity contribution in [1.82, 2.24) is 24.9 Å². The van der Waals surface area contributed by atoms with Gasteiger partial charge in [0.2, 0.25) is 0 Å². The summed E-state index contributed by atoms with van der Waals surface area (Å²) in [6, 6.07) is 2.67. The van der Waals surface area contributed by atoms with Gasteiger partial charge < -0.3 is 20.3 Å². The van der Waals surface area contributed by atoms with E-state index in [1.807, 2.05) is 4.90 Å². The van der Waals surface area contributed by atoms with Gasteiger partial charge in [-0.1, -0.05) is 0 Å². The first-order chi connectivity index (χ1) is 14.5. The predicted octanol–water partition coefficient (Wildman–Crippen LogP) is 1.65. The van der Waals surface area contributed by atoms with E-state index in [9.17, 15) is 19.1 Å². The van der Waals surface area contributed by atoms with Crippen LogP contribution in [0.25, 0.3) is 5.65 Å². The van der Waals surface area contributed by atoms with E-state index in [-0.39, 0.29) is 42.0 Å². The second kappa shape index (κ2) is 9.63. The largest absolute Gasteiger partial charge is 0.390 e. The molecule has 0 aliphatic carbocycles. The van der Waals surface area contributed by atoms with Gasteiger partial charge in [0.1, 0.15) is 17.2 Å². The number of H-pyrrole nitrogens is 1. The highest BCUT2D eigenvalue weighted by atomic mass is 35.5. The van der Waals surface area contributed by atoms with E-state index in [1.165, 1.54) is 16.8 Å². The molecule has 1 fully saturated rings. The van der Waals surface area contributed by atoms with Crippen LogP contribution in [-0.4, -0.2) is 55.7 Å². The second-order valence-electron chi connectivity index (χ2n) is 7.08. The Morgan fingerprint density at radius 1 is 1.48 bits per heavy atom. The molecule has 2 atom stereocenters. The number of aliphatic hydroxyl groups excluding tert-OH is 1. The number of aromatic amines is 1. The Labute approximate surface area is 187 Å². The number of carbonyl (C=O) groups is 1. The molecule has 9 nitrogen and oxygen atoms in total. The quantitative estimate of drug-likeness (QED) is 0.471. The zero-order valence-electron chi connectivity index (χ0n) is 16.3. The summed E-state index contributed by atoms with van der Waals surface area (Å²) in [5, 5.41) is 16.3. The molecule has 0 saturated carbocycles. The summed E-state index contributed by atoms with van der Waals surface area (Å²) in [6.45, 7) is 0.650. The fourth-order valence-corrected chi connectivity index (χ4v) is 3.73. The molecule has 1 saturated heterocycles. The van der Waals surface area contributed by atoms with E-state index in [1.54, 1.807) is 12.3 Å². The Morgan fingerprint density at radius 3 is 3.06 bits per heavy atom. The topological polar surface area (TPSA) is 116 Å². The summed E-state index contributed by atoms with van der Waals surface area (Å²) in [4.78, 5) is 33.6. The molecule has 4 heterocycles. The van der Waals surface area contributed by atoms with Gasteiger partial charge in [-0.15, -0.1) is 24.0 Å². The number of nitrogens with one attached hydrogen (secondary N) is 2. The van der Waals surface area contributed by atoms with Crippen LogP contribution >= 0.6 is 24.0 Å². The van der Waals surface area contributed by atoms with Gasteiger partial charge >= 0.3 is 0 Å². The summed E-state index contributed by atoms with van der Waals surface area (Å²) in [5.74, 6) is -0.372. The molecular weight excluding hydrogens is 450 g/mol. The summed E-state index contributed by atoms with van der Waals surface area (Å²) in [7, 11) is 0. The maximum atomic E-state index is 13.7. The highest BCUT2D eigenvalue weighted by Gasteiger charge is 2.30. The van der Waals surface area contributed by atoms with Crippen molar-refractivity contribution in [3.63, 3.8) is 0 Å². The minimum Gasteiger partial charge on any atom is -0.390 e. The summed E-state index contributed by atoms with van der Waals surface area (Å²) in [5.41, 5.74) is 0.592. The van der Waals surface area contributed by atoms with E-state index in [0.717, 1.165) is 12.6 Å². The third-order valence-electron chi connectivity index (χ3n) is 5.08. The Balaban J connectivity index is 0.00000272. The molecule has 31 heavy (non-hydrogen) atoms. The molecule has 1 aliphatic heterocycles. The predicted molar refractivity (Wildman–Crippen MR) is 116 cm³/mol. The lowest BCUT2D eigenvalue weighted by molar-refractivity contribution is 0.0927. The van der Waals surface area contributed by atoms with Crippen molar-refractivity contribution >= 4 is 41.4 Å². The summed E-state index contributed by atoms with van der Waals surface area (Å²) in [6.07, 6.45) is 4.75. The Hall–Kier alpha value is -2.69. The van der Waals surface area contributed by atoms with Crippen LogP contribution < -0.4 is 15.8 Å². The van der Waals surface area contributed by atoms with Gasteiger partial charge in [0.05, 0.1) is 24.2 Å². The van der Waals surface area contributed by atoms with E-state index >= 15 is 0 Å². The molecule has 2 unspecified atom stereocenters. The Morgan fingerprint density at radius 2 is 2.29 bits per heavy atom. The van der Waals surface area contributed by atoms with Gasteiger partial charge in [0.25, 0.3) is 11.5 Å². The van der Waals surface area contributed by atoms with Gasteiger partial charge in [-0.3, -0.25) is 9.59 Å². The highest BCUT2D eigenvalue weighted by molar-refractivity contribution is 6.18. The van der Waals surface area contributed by atoms with Gasteiger partial charge in [0.15, 0.2) is 5.65 Å². The van der Waals surface area contributed by atoms with Crippen molar-refractivity contribution in [1.29, 1.82) is 0 Å². The first kappa shape index (κ1) is 23.0. The Kier molecular flexibility index (Phi) is 7.14. The molecule has 1 aliphatic rings. The van der Waals surface area contributed by atoms with Gasteiger partial charge in [-0.05, 0) is 25.0 Å². The molecule has 3 aromatic rings. The average molecular weight is 471 g/mol. The molecule has 3 aromatic heterocycles. The van der Waals surface area contributed by atoms with Gasteiger partial charge in [-0.2, -0.15) is 5.10 Å². The van der Waals surface area contributed by atoms with E-state index < -0.39 is 17.8 Å². The van der Waals surface area contributed by atoms with Crippen molar-refractivity contribution < 1.29 is 14.3 Å². The number of hydrogen-bond donors (Lipinski definition) is 3. The lowest BCUT2D eigenvalue weighted by Gasteiger charge is -2.25. The number of aromatic nitrogens is 4. The van der Waals surface area contributed by atoms with E-state index in [2.05, 4.69) is 20.4 Å². The van der Waals surface area contributed by atoms with Crippen LogP contribution in [0.4, 0.5) is 10.2 Å². The molecule has 166 valence electrons. The van der Waals surface area contributed by atoms with Crippen LogP contribution in [0.5, 0.6) is 0 Å². The smallest absolute Gasteiger partial charge is 0.256 e. The molecule has 3 N–H and O–H groups in total. The first-order valence-electron chi connectivity index (χ1n) is 9.49. The summed E-state index contributed by atoms with van der Waals surface area (Å²) >= 11 is 5.55. The SMILES string of the molecule is Cl.O=C(NCC(O)CCl)c1cnn2ccc(N3CCCC3c3cc(F)c[nH]c3=O)nc12. The number of halogens is 3. The van der Waals surface area contributed by atoms with Crippen molar-refractivity contribution in [2.45, 2.75) is 25.0 Å². The van der Waals surface area contributed by atoms with Crippen LogP contribution in [0.3, 0.4) is 0 Å². The number of aliphatic hydroxyl groups is 1. The molecule has 0 radical (unpaired) electrons. The fourth-order valence-electron chi connectivity index (χ4n) is 3.63. The van der Waals surface area contributed by atoms with Gasteiger partial charge in [0, 0.05) is 31.0 Å². The van der Waals surface area contributed by atoms with Crippen molar-refractivity contribution in [2.24, 2.45) is 0 Å². The average Bonchev–Trinajstić information content (AvgIpc) is 3.40. The number of nitrogens with zero attached hydrogens (tertiary/aromatic N) is 4. The minimum absolute atomic E-state index is 0. The summed E-state index contributed by atoms with van der Waals surface area (Å²) < 4.78 is 15.2. The zero-order valence-corrected chi connectivity index (χ0v) is 17.9. The van der Waals surface area contributed by atoms with Gasteiger partial charge in [-0.25, -0.2) is 13.9 Å². The highest BCUT2D eigenvalue weighted by Crippen LogP contribution is 2.34. The Bertz CT molecular complexity index is 1140. The van der Waals surface area contributed by atoms with Crippen molar-refractivity contribution in [2.75, 3.05) is 23.9 Å². The minimum atomic E-state index is -0.851. The zero-order chi connectivity index (χ0) is 21.3. The molecular formula is C19H21Cl2FN6O3. The molecule has 12 heteroatoms. The molecule has 0 bridgehead atoms. The van der Waals surface area contributed by atoms with Crippen LogP contribution in [-0.2, 0) is 0 Å². The normalized spacial score (nSPS) is 16.9. The van der Waals surface area contributed by atoms with Crippen LogP contribution in [0.2, 0.25) is 0 Å². The number of hydrogen-bond acceptors (Lipinski definition) is 6. The van der Waals surface area contributed by atoms with Crippen molar-refractivity contribution in [3.05, 3.63) is 58.0 Å². The third kappa shape index (κ3) is 4.65. The maximum Gasteiger partial charge on any atom is 0.256 e. The number of anilines is 1. The lowest BCUT2D eigenvalue weighted by atomic mass is 10.1. The third-order valence-corrected chi connectivity index (χ3v) is 5.43. The van der Waals surface area contributed by atoms with Crippen LogP contribution in [0.1, 0.15) is 34.8 Å². The monoisotopic (exact) mass is 470 g/mol. The maximum absolute atomic E-state index is 13.7. The van der Waals surface area contributed by atoms with Crippen molar-refractivity contribution in [3.8, 4) is 0 Å². The molecule has 4 rings (SSSR count).